The summed E-state index contributed by atoms with van der Waals surface area (Å²) >= 11 is 5.55. The number of alkyl halides is 3. The van der Waals surface area contributed by atoms with E-state index in [0.717, 1.165) is 11.6 Å². The highest BCUT2D eigenvalue weighted by atomic mass is 35.5. The highest BCUT2D eigenvalue weighted by Gasteiger charge is 2.34. The maximum Gasteiger partial charge on any atom is 0.418 e. The zero-order valence-corrected chi connectivity index (χ0v) is 12.9. The Kier molecular flexibility index (Phi) is 5.46. The molecule has 0 saturated carbocycles. The topological polar surface area (TPSA) is 58.2 Å². The van der Waals surface area contributed by atoms with Gasteiger partial charge in [-0.25, -0.2) is 0 Å². The van der Waals surface area contributed by atoms with E-state index in [-0.39, 0.29) is 11.6 Å². The number of carbonyl (C=O) groups is 2. The number of hydrogen-bond acceptors (Lipinski definition) is 2. The van der Waals surface area contributed by atoms with Gasteiger partial charge in [0, 0.05) is 11.6 Å². The fourth-order valence-corrected chi connectivity index (χ4v) is 2.07. The molecule has 0 atom stereocenters. The van der Waals surface area contributed by atoms with Gasteiger partial charge >= 0.3 is 18.0 Å². The minimum absolute atomic E-state index is 0.0832. The van der Waals surface area contributed by atoms with E-state index in [2.05, 4.69) is 5.32 Å². The lowest BCUT2D eigenvalue weighted by atomic mass is 10.1. The van der Waals surface area contributed by atoms with Crippen LogP contribution >= 0.6 is 11.6 Å². The predicted octanol–water partition coefficient (Wildman–Crippen LogP) is 3.61. The van der Waals surface area contributed by atoms with Gasteiger partial charge in [-0.3, -0.25) is 9.59 Å². The van der Waals surface area contributed by atoms with Crippen LogP contribution in [-0.2, 0) is 22.3 Å². The molecule has 0 aliphatic carbocycles. The van der Waals surface area contributed by atoms with Crippen molar-refractivity contribution in [3.8, 4) is 0 Å². The maximum absolute atomic E-state index is 12.9. The first-order chi connectivity index (χ1) is 11.3. The fraction of sp³-hybridized carbons (Fsp3) is 0.125. The van der Waals surface area contributed by atoms with Gasteiger partial charge in [0.2, 0.25) is 0 Å². The predicted molar refractivity (Wildman–Crippen MR) is 83.4 cm³/mol. The highest BCUT2D eigenvalue weighted by Crippen LogP contribution is 2.36. The lowest BCUT2D eigenvalue weighted by molar-refractivity contribution is -0.138. The van der Waals surface area contributed by atoms with Crippen molar-refractivity contribution in [3.05, 3.63) is 64.7 Å². The van der Waals surface area contributed by atoms with Gasteiger partial charge in [0.05, 0.1) is 11.3 Å². The van der Waals surface area contributed by atoms with Gasteiger partial charge in [-0.2, -0.15) is 13.2 Å². The quantitative estimate of drug-likeness (QED) is 0.825. The Balaban J connectivity index is 2.05. The molecule has 126 valence electrons. The molecule has 0 heterocycles. The number of carbonyl (C=O) groups excluding carboxylic acids is 2. The third kappa shape index (κ3) is 4.73. The molecule has 2 amide bonds. The van der Waals surface area contributed by atoms with Gasteiger partial charge in [-0.1, -0.05) is 41.9 Å². The fourth-order valence-electron chi connectivity index (χ4n) is 1.90. The minimum atomic E-state index is -4.71. The molecule has 0 bridgehead atoms. The van der Waals surface area contributed by atoms with Gasteiger partial charge in [-0.15, -0.1) is 0 Å². The molecule has 4 nitrogen and oxygen atoms in total. The van der Waals surface area contributed by atoms with Crippen LogP contribution in [0.4, 0.5) is 18.9 Å². The number of hydrogen-bond donors (Lipinski definition) is 2. The first-order valence-corrected chi connectivity index (χ1v) is 7.15. The monoisotopic (exact) mass is 356 g/mol. The van der Waals surface area contributed by atoms with Crippen molar-refractivity contribution >= 4 is 29.1 Å². The van der Waals surface area contributed by atoms with Gasteiger partial charge in [0.1, 0.15) is 0 Å². The molecule has 8 heteroatoms. The van der Waals surface area contributed by atoms with Gasteiger partial charge < -0.3 is 10.6 Å². The number of amides is 2. The second-order valence-electron chi connectivity index (χ2n) is 4.81. The lowest BCUT2D eigenvalue weighted by Gasteiger charge is -2.14. The molecule has 0 aliphatic heterocycles. The molecule has 24 heavy (non-hydrogen) atoms. The Labute approximate surface area is 140 Å². The van der Waals surface area contributed by atoms with Crippen molar-refractivity contribution in [2.75, 3.05) is 5.32 Å². The van der Waals surface area contributed by atoms with E-state index in [4.69, 9.17) is 11.6 Å². The summed E-state index contributed by atoms with van der Waals surface area (Å²) in [5.74, 6) is -2.24. The van der Waals surface area contributed by atoms with E-state index in [1.165, 1.54) is 6.07 Å². The molecule has 0 saturated heterocycles. The molecule has 0 aliphatic rings. The second-order valence-corrected chi connectivity index (χ2v) is 5.25. The summed E-state index contributed by atoms with van der Waals surface area (Å²) in [6.45, 7) is 0.0832. The van der Waals surface area contributed by atoms with Gasteiger partial charge in [0.15, 0.2) is 0 Å². The van der Waals surface area contributed by atoms with Crippen LogP contribution in [0.25, 0.3) is 0 Å². The van der Waals surface area contributed by atoms with Gasteiger partial charge in [0.25, 0.3) is 0 Å². The SMILES string of the molecule is O=C(NCc1ccccc1)C(=O)Nc1ccc(Cl)cc1C(F)(F)F. The average Bonchev–Trinajstić information content (AvgIpc) is 2.54. The molecule has 0 unspecified atom stereocenters. The number of anilines is 1. The Morgan fingerprint density at radius 1 is 1.00 bits per heavy atom. The molecular weight excluding hydrogens is 345 g/mol. The molecule has 2 N–H and O–H groups in total. The van der Waals surface area contributed by atoms with E-state index in [9.17, 15) is 22.8 Å². The van der Waals surface area contributed by atoms with Crippen LogP contribution in [-0.4, -0.2) is 11.8 Å². The first kappa shape index (κ1) is 17.8. The third-order valence-corrected chi connectivity index (χ3v) is 3.27. The Morgan fingerprint density at radius 2 is 1.67 bits per heavy atom. The van der Waals surface area contributed by atoms with Crippen molar-refractivity contribution < 1.29 is 22.8 Å². The minimum Gasteiger partial charge on any atom is -0.344 e. The summed E-state index contributed by atoms with van der Waals surface area (Å²) in [7, 11) is 0. The van der Waals surface area contributed by atoms with E-state index in [1.54, 1.807) is 30.3 Å². The zero-order chi connectivity index (χ0) is 17.7. The summed E-state index contributed by atoms with van der Waals surface area (Å²) in [6, 6.07) is 11.6. The molecular formula is C16H12ClF3N2O2. The van der Waals surface area contributed by atoms with Crippen molar-refractivity contribution in [3.63, 3.8) is 0 Å². The van der Waals surface area contributed by atoms with Crippen LogP contribution < -0.4 is 10.6 Å². The highest BCUT2D eigenvalue weighted by molar-refractivity contribution is 6.39. The van der Waals surface area contributed by atoms with Crippen LogP contribution in [0.3, 0.4) is 0 Å². The summed E-state index contributed by atoms with van der Waals surface area (Å²) in [4.78, 5) is 23.5. The summed E-state index contributed by atoms with van der Waals surface area (Å²) in [5.41, 5.74) is -0.910. The standard InChI is InChI=1S/C16H12ClF3N2O2/c17-11-6-7-13(12(8-11)16(18,19)20)22-15(24)14(23)21-9-10-4-2-1-3-5-10/h1-8H,9H2,(H,21,23)(H,22,24). The van der Waals surface area contributed by atoms with Crippen LogP contribution in [0.15, 0.2) is 48.5 Å². The van der Waals surface area contributed by atoms with Gasteiger partial charge in [-0.05, 0) is 23.8 Å². The van der Waals surface area contributed by atoms with Crippen LogP contribution in [0, 0.1) is 0 Å². The largest absolute Gasteiger partial charge is 0.418 e. The Bertz CT molecular complexity index is 749. The van der Waals surface area contributed by atoms with Crippen LogP contribution in [0.2, 0.25) is 5.02 Å². The number of rotatable bonds is 3. The molecule has 0 fully saturated rings. The average molecular weight is 357 g/mol. The number of benzene rings is 2. The van der Waals surface area contributed by atoms with E-state index < -0.39 is 29.2 Å². The maximum atomic E-state index is 12.9. The molecule has 0 radical (unpaired) electrons. The van der Waals surface area contributed by atoms with Crippen molar-refractivity contribution in [2.24, 2.45) is 0 Å². The Hall–Kier alpha value is -2.54. The molecule has 0 aromatic heterocycles. The van der Waals surface area contributed by atoms with Crippen molar-refractivity contribution in [1.82, 2.24) is 5.32 Å². The molecule has 2 rings (SSSR count). The lowest BCUT2D eigenvalue weighted by Crippen LogP contribution is -2.35. The molecule has 2 aromatic rings. The Morgan fingerprint density at radius 3 is 2.29 bits per heavy atom. The summed E-state index contributed by atoms with van der Waals surface area (Å²) in [6.07, 6.45) is -4.71. The first-order valence-electron chi connectivity index (χ1n) is 6.77. The molecule has 2 aromatic carbocycles. The third-order valence-electron chi connectivity index (χ3n) is 3.04. The smallest absolute Gasteiger partial charge is 0.344 e. The van der Waals surface area contributed by atoms with E-state index >= 15 is 0 Å². The zero-order valence-electron chi connectivity index (χ0n) is 12.2. The van der Waals surface area contributed by atoms with Crippen molar-refractivity contribution in [2.45, 2.75) is 12.7 Å². The van der Waals surface area contributed by atoms with Crippen molar-refractivity contribution in [1.29, 1.82) is 0 Å². The number of halogens is 4. The normalized spacial score (nSPS) is 11.0. The summed E-state index contributed by atoms with van der Waals surface area (Å²) < 4.78 is 38.8. The molecule has 0 spiro atoms. The van der Waals surface area contributed by atoms with Crippen LogP contribution in [0.1, 0.15) is 11.1 Å². The van der Waals surface area contributed by atoms with E-state index in [0.29, 0.717) is 6.07 Å². The van der Waals surface area contributed by atoms with E-state index in [1.807, 2.05) is 5.32 Å². The second kappa shape index (κ2) is 7.35. The number of nitrogens with one attached hydrogen (secondary N) is 2. The summed E-state index contributed by atoms with van der Waals surface area (Å²) in [5, 5.41) is 4.15. The van der Waals surface area contributed by atoms with Crippen LogP contribution in [0.5, 0.6) is 0 Å².